The van der Waals surface area contributed by atoms with Crippen molar-refractivity contribution in [2.75, 3.05) is 13.1 Å². The zero-order valence-electron chi connectivity index (χ0n) is 12.3. The molecule has 1 aromatic carbocycles. The number of benzene rings is 1. The molecule has 1 aliphatic rings. The van der Waals surface area contributed by atoms with Crippen molar-refractivity contribution in [3.05, 3.63) is 70.2 Å². The van der Waals surface area contributed by atoms with Crippen LogP contribution in [0, 0.1) is 10.1 Å². The van der Waals surface area contributed by atoms with E-state index in [0.29, 0.717) is 28.7 Å². The van der Waals surface area contributed by atoms with Crippen molar-refractivity contribution in [2.45, 2.75) is 0 Å². The van der Waals surface area contributed by atoms with Crippen LogP contribution in [0.4, 0.5) is 5.69 Å². The lowest BCUT2D eigenvalue weighted by atomic mass is 10.2. The third-order valence-electron chi connectivity index (χ3n) is 2.93. The molecule has 0 unspecified atom stereocenters. The van der Waals surface area contributed by atoms with Gasteiger partial charge in [-0.1, -0.05) is 24.3 Å². The highest BCUT2D eigenvalue weighted by atomic mass is 32.2. The van der Waals surface area contributed by atoms with E-state index in [2.05, 4.69) is 18.2 Å². The highest BCUT2D eigenvalue weighted by molar-refractivity contribution is 8.18. The van der Waals surface area contributed by atoms with E-state index in [1.165, 1.54) is 28.8 Å². The number of hydrogen-bond acceptors (Lipinski definition) is 5. The van der Waals surface area contributed by atoms with Crippen molar-refractivity contribution in [3.63, 3.8) is 0 Å². The first-order valence-corrected chi connectivity index (χ1v) is 7.60. The van der Waals surface area contributed by atoms with Crippen LogP contribution < -0.4 is 0 Å². The molecule has 6 nitrogen and oxygen atoms in total. The molecule has 0 spiro atoms. The molecule has 118 valence electrons. The molecule has 0 saturated carbocycles. The van der Waals surface area contributed by atoms with Gasteiger partial charge in [-0.25, -0.2) is 0 Å². The van der Waals surface area contributed by atoms with Gasteiger partial charge in [0, 0.05) is 18.7 Å². The molecule has 23 heavy (non-hydrogen) atoms. The monoisotopic (exact) mass is 329 g/mol. The van der Waals surface area contributed by atoms with Gasteiger partial charge >= 0.3 is 0 Å². The van der Waals surface area contributed by atoms with Crippen LogP contribution in [0.1, 0.15) is 5.56 Å². The van der Waals surface area contributed by atoms with Crippen LogP contribution in [0.2, 0.25) is 0 Å². The predicted octanol–water partition coefficient (Wildman–Crippen LogP) is 3.24. The van der Waals surface area contributed by atoms with Crippen molar-refractivity contribution in [2.24, 2.45) is 4.99 Å². The fourth-order valence-electron chi connectivity index (χ4n) is 1.94. The molecule has 0 bridgehead atoms. The van der Waals surface area contributed by atoms with Crippen LogP contribution >= 0.6 is 11.8 Å². The number of non-ortho nitro benzene ring substituents is 1. The van der Waals surface area contributed by atoms with Gasteiger partial charge in [-0.2, -0.15) is 0 Å². The molecule has 2 rings (SSSR count). The first-order valence-electron chi connectivity index (χ1n) is 6.79. The van der Waals surface area contributed by atoms with E-state index in [4.69, 9.17) is 0 Å². The number of aliphatic imine (C=N–C) groups is 1. The summed E-state index contributed by atoms with van der Waals surface area (Å²) in [5.41, 5.74) is 0.580. The second-order valence-corrected chi connectivity index (χ2v) is 5.59. The third kappa shape index (κ3) is 3.95. The molecule has 1 heterocycles. The number of carbonyl (C=O) groups excluding carboxylic acids is 1. The van der Waals surface area contributed by atoms with E-state index >= 15 is 0 Å². The molecule has 0 radical (unpaired) electrons. The van der Waals surface area contributed by atoms with Gasteiger partial charge in [0.1, 0.15) is 0 Å². The maximum atomic E-state index is 12.4. The lowest BCUT2D eigenvalue weighted by Crippen LogP contribution is -2.29. The summed E-state index contributed by atoms with van der Waals surface area (Å²) in [5, 5.41) is 11.4. The molecule has 1 amide bonds. The molecule has 0 N–H and O–H groups in total. The predicted molar refractivity (Wildman–Crippen MR) is 93.1 cm³/mol. The topological polar surface area (TPSA) is 75.8 Å². The van der Waals surface area contributed by atoms with E-state index in [1.807, 2.05) is 0 Å². The number of hydrogen-bond donors (Lipinski definition) is 0. The highest BCUT2D eigenvalue weighted by Gasteiger charge is 2.32. The number of nitrogens with zero attached hydrogens (tertiary/aromatic N) is 3. The van der Waals surface area contributed by atoms with Crippen molar-refractivity contribution in [1.82, 2.24) is 4.90 Å². The molecule has 7 heteroatoms. The zero-order valence-corrected chi connectivity index (χ0v) is 13.2. The number of amidine groups is 1. The van der Waals surface area contributed by atoms with Gasteiger partial charge in [-0.3, -0.25) is 24.8 Å². The average molecular weight is 329 g/mol. The molecule has 1 aliphatic heterocycles. The van der Waals surface area contributed by atoms with Gasteiger partial charge in [0.25, 0.3) is 11.6 Å². The number of nitro benzene ring substituents is 1. The fourth-order valence-corrected chi connectivity index (χ4v) is 2.93. The first-order chi connectivity index (χ1) is 11.1. The number of rotatable bonds is 6. The van der Waals surface area contributed by atoms with Crippen LogP contribution in [0.3, 0.4) is 0 Å². The maximum Gasteiger partial charge on any atom is 0.270 e. The summed E-state index contributed by atoms with van der Waals surface area (Å²) in [6.07, 6.45) is 4.90. The van der Waals surface area contributed by atoms with Gasteiger partial charge in [-0.15, -0.1) is 13.2 Å². The summed E-state index contributed by atoms with van der Waals surface area (Å²) >= 11 is 1.24. The average Bonchev–Trinajstić information content (AvgIpc) is 2.82. The van der Waals surface area contributed by atoms with Gasteiger partial charge < -0.3 is 0 Å². The molecule has 0 aliphatic carbocycles. The normalized spacial score (nSPS) is 17.7. The Labute approximate surface area is 138 Å². The fraction of sp³-hybridized carbons (Fsp3) is 0.125. The van der Waals surface area contributed by atoms with Crippen molar-refractivity contribution >= 4 is 34.6 Å². The molecule has 1 saturated heterocycles. The summed E-state index contributed by atoms with van der Waals surface area (Å²) in [6, 6.07) is 6.14. The van der Waals surface area contributed by atoms with E-state index < -0.39 is 4.92 Å². The SMILES string of the molecule is C=CCN=C1S/C(=C/c2cccc([N+](=O)[O-])c2)C(=O)N1CC=C. The summed E-state index contributed by atoms with van der Waals surface area (Å²) in [6.45, 7) is 8.01. The largest absolute Gasteiger partial charge is 0.283 e. The molecular weight excluding hydrogens is 314 g/mol. The Hall–Kier alpha value is -2.67. The van der Waals surface area contributed by atoms with Crippen molar-refractivity contribution in [1.29, 1.82) is 0 Å². The summed E-state index contributed by atoms with van der Waals surface area (Å²) < 4.78 is 0. The van der Waals surface area contributed by atoms with Gasteiger partial charge in [-0.05, 0) is 23.4 Å². The number of amides is 1. The molecule has 1 aromatic rings. The lowest BCUT2D eigenvalue weighted by Gasteiger charge is -2.12. The smallest absolute Gasteiger partial charge is 0.270 e. The van der Waals surface area contributed by atoms with E-state index in [9.17, 15) is 14.9 Å². The van der Waals surface area contributed by atoms with Gasteiger partial charge in [0.05, 0.1) is 16.4 Å². The quantitative estimate of drug-likeness (QED) is 0.347. The van der Waals surface area contributed by atoms with Crippen LogP contribution in [0.25, 0.3) is 6.08 Å². The Morgan fingerprint density at radius 3 is 2.78 bits per heavy atom. The van der Waals surface area contributed by atoms with Crippen molar-refractivity contribution in [3.8, 4) is 0 Å². The van der Waals surface area contributed by atoms with Crippen LogP contribution in [0.5, 0.6) is 0 Å². The Bertz CT molecular complexity index is 725. The summed E-state index contributed by atoms with van der Waals surface area (Å²) in [7, 11) is 0. The number of nitro groups is 1. The highest BCUT2D eigenvalue weighted by Crippen LogP contribution is 2.32. The minimum Gasteiger partial charge on any atom is -0.283 e. The molecule has 0 atom stereocenters. The molecular formula is C16H15N3O3S. The standard InChI is InChI=1S/C16H15N3O3S/c1-3-8-17-16-18(9-4-2)15(20)14(23-16)11-12-6-5-7-13(10-12)19(21)22/h3-7,10-11H,1-2,8-9H2/b14-11+,17-16?. The summed E-state index contributed by atoms with van der Waals surface area (Å²) in [4.78, 5) is 29.1. The zero-order chi connectivity index (χ0) is 16.8. The second-order valence-electron chi connectivity index (χ2n) is 4.58. The Morgan fingerprint density at radius 1 is 1.35 bits per heavy atom. The number of thioether (sulfide) groups is 1. The third-order valence-corrected chi connectivity index (χ3v) is 3.98. The molecule has 1 fully saturated rings. The van der Waals surface area contributed by atoms with Crippen LogP contribution in [0.15, 0.2) is 59.5 Å². The van der Waals surface area contributed by atoms with E-state index in [0.717, 1.165) is 0 Å². The summed E-state index contributed by atoms with van der Waals surface area (Å²) in [5.74, 6) is -0.191. The molecule has 0 aromatic heterocycles. The van der Waals surface area contributed by atoms with E-state index in [-0.39, 0.29) is 11.6 Å². The Morgan fingerprint density at radius 2 is 2.13 bits per heavy atom. The minimum atomic E-state index is -0.466. The van der Waals surface area contributed by atoms with Gasteiger partial charge in [0.15, 0.2) is 5.17 Å². The van der Waals surface area contributed by atoms with Crippen LogP contribution in [-0.2, 0) is 4.79 Å². The Balaban J connectivity index is 2.33. The maximum absolute atomic E-state index is 12.4. The first kappa shape index (κ1) is 16.7. The van der Waals surface area contributed by atoms with Gasteiger partial charge in [0.2, 0.25) is 0 Å². The lowest BCUT2D eigenvalue weighted by molar-refractivity contribution is -0.384. The van der Waals surface area contributed by atoms with Crippen LogP contribution in [-0.4, -0.2) is 34.0 Å². The Kier molecular flexibility index (Phi) is 5.48. The minimum absolute atomic E-state index is 0.0155. The second kappa shape index (κ2) is 7.55. The van der Waals surface area contributed by atoms with Crippen molar-refractivity contribution < 1.29 is 9.72 Å². The number of carbonyl (C=O) groups is 1. The van der Waals surface area contributed by atoms with E-state index in [1.54, 1.807) is 30.4 Å².